The minimum Gasteiger partial charge on any atom is -0.302 e. The first-order valence-electron chi connectivity index (χ1n) is 3.39. The Kier molecular flexibility index (Phi) is 2.65. The minimum atomic E-state index is -3.97. The summed E-state index contributed by atoms with van der Waals surface area (Å²) in [5.74, 6) is -0.628. The molecule has 4 nitrogen and oxygen atoms in total. The lowest BCUT2D eigenvalue weighted by atomic mass is 10.2. The van der Waals surface area contributed by atoms with Gasteiger partial charge in [0.25, 0.3) is 10.0 Å². The van der Waals surface area contributed by atoms with E-state index in [-0.39, 0.29) is 4.90 Å². The van der Waals surface area contributed by atoms with Crippen molar-refractivity contribution in [2.45, 2.75) is 11.8 Å². The molecule has 0 bridgehead atoms. The maximum atomic E-state index is 12.9. The van der Waals surface area contributed by atoms with E-state index >= 15 is 0 Å². The highest BCUT2D eigenvalue weighted by Crippen LogP contribution is 2.13. The van der Waals surface area contributed by atoms with Crippen LogP contribution in [0.3, 0.4) is 0 Å². The lowest BCUT2D eigenvalue weighted by molar-refractivity contribution is 0.242. The summed E-state index contributed by atoms with van der Waals surface area (Å²) in [6, 6.07) is 3.37. The maximum absolute atomic E-state index is 12.9. The molecule has 0 atom stereocenters. The van der Waals surface area contributed by atoms with E-state index in [4.69, 9.17) is 5.21 Å². The van der Waals surface area contributed by atoms with Crippen LogP contribution in [0.1, 0.15) is 5.56 Å². The SMILES string of the molecule is Cc1ccc(S(=O)(=O)NO)cc1F. The van der Waals surface area contributed by atoms with Crippen LogP contribution in [-0.2, 0) is 10.0 Å². The Bertz CT molecular complexity index is 416. The molecule has 1 aromatic rings. The van der Waals surface area contributed by atoms with E-state index in [0.717, 1.165) is 11.0 Å². The Balaban J connectivity index is 3.27. The lowest BCUT2D eigenvalue weighted by Gasteiger charge is -2.02. The molecular formula is C7H8FNO3S. The minimum absolute atomic E-state index is 0.307. The van der Waals surface area contributed by atoms with Gasteiger partial charge in [0.15, 0.2) is 0 Å². The number of hydrogen-bond donors (Lipinski definition) is 2. The summed E-state index contributed by atoms with van der Waals surface area (Å²) in [4.78, 5) is 0.803. The summed E-state index contributed by atoms with van der Waals surface area (Å²) >= 11 is 0. The van der Waals surface area contributed by atoms with E-state index in [1.807, 2.05) is 0 Å². The van der Waals surface area contributed by atoms with Crippen LogP contribution in [0.25, 0.3) is 0 Å². The van der Waals surface area contributed by atoms with Gasteiger partial charge in [0.1, 0.15) is 5.82 Å². The molecule has 0 aliphatic carbocycles. The number of halogens is 1. The molecule has 0 spiro atoms. The van der Waals surface area contributed by atoms with Crippen molar-refractivity contribution < 1.29 is 18.0 Å². The third kappa shape index (κ3) is 2.03. The molecule has 0 amide bonds. The van der Waals surface area contributed by atoms with E-state index in [1.54, 1.807) is 0 Å². The lowest BCUT2D eigenvalue weighted by Crippen LogP contribution is -2.19. The molecule has 6 heteroatoms. The van der Waals surface area contributed by atoms with E-state index in [0.29, 0.717) is 5.56 Å². The van der Waals surface area contributed by atoms with Gasteiger partial charge in [-0.1, -0.05) is 11.0 Å². The molecule has 0 aliphatic heterocycles. The Morgan fingerprint density at radius 3 is 2.54 bits per heavy atom. The molecule has 0 aliphatic rings. The first kappa shape index (κ1) is 10.1. The molecule has 0 fully saturated rings. The van der Waals surface area contributed by atoms with Crippen molar-refractivity contribution >= 4 is 10.0 Å². The highest BCUT2D eigenvalue weighted by Gasteiger charge is 2.13. The topological polar surface area (TPSA) is 66.4 Å². The van der Waals surface area contributed by atoms with Gasteiger partial charge in [-0.25, -0.2) is 12.8 Å². The summed E-state index contributed by atoms with van der Waals surface area (Å²) < 4.78 is 34.7. The van der Waals surface area contributed by atoms with Crippen molar-refractivity contribution in [1.82, 2.24) is 4.89 Å². The molecule has 0 unspecified atom stereocenters. The molecule has 1 rings (SSSR count). The fraction of sp³-hybridized carbons (Fsp3) is 0.143. The van der Waals surface area contributed by atoms with Gasteiger partial charge in [-0.05, 0) is 24.6 Å². The van der Waals surface area contributed by atoms with E-state index in [1.165, 1.54) is 19.1 Å². The van der Waals surface area contributed by atoms with Crippen molar-refractivity contribution in [3.63, 3.8) is 0 Å². The van der Waals surface area contributed by atoms with Crippen molar-refractivity contribution in [1.29, 1.82) is 0 Å². The van der Waals surface area contributed by atoms with Gasteiger partial charge in [-0.15, -0.1) is 0 Å². The molecule has 13 heavy (non-hydrogen) atoms. The zero-order chi connectivity index (χ0) is 10.1. The van der Waals surface area contributed by atoms with E-state index < -0.39 is 15.8 Å². The zero-order valence-corrected chi connectivity index (χ0v) is 7.60. The second-order valence-corrected chi connectivity index (χ2v) is 4.17. The molecule has 0 saturated carbocycles. The van der Waals surface area contributed by atoms with Crippen LogP contribution in [0.2, 0.25) is 0 Å². The van der Waals surface area contributed by atoms with Crippen LogP contribution in [0.15, 0.2) is 23.1 Å². The predicted octanol–water partition coefficient (Wildman–Crippen LogP) is 0.802. The monoisotopic (exact) mass is 205 g/mol. The molecule has 0 aromatic heterocycles. The number of benzene rings is 1. The van der Waals surface area contributed by atoms with Crippen molar-refractivity contribution in [3.05, 3.63) is 29.6 Å². The molecule has 2 N–H and O–H groups in total. The quantitative estimate of drug-likeness (QED) is 0.702. The fourth-order valence-corrected chi connectivity index (χ4v) is 1.40. The highest BCUT2D eigenvalue weighted by molar-refractivity contribution is 7.89. The van der Waals surface area contributed by atoms with Gasteiger partial charge in [-0.3, -0.25) is 0 Å². The molecule has 0 saturated heterocycles. The second kappa shape index (κ2) is 3.41. The Labute approximate surface area is 75.0 Å². The maximum Gasteiger partial charge on any atom is 0.262 e. The average molecular weight is 205 g/mol. The summed E-state index contributed by atoms with van der Waals surface area (Å²) in [6.07, 6.45) is 0. The summed E-state index contributed by atoms with van der Waals surface area (Å²) in [7, 11) is -3.97. The summed E-state index contributed by atoms with van der Waals surface area (Å²) in [6.45, 7) is 1.51. The highest BCUT2D eigenvalue weighted by atomic mass is 32.2. The average Bonchev–Trinajstić information content (AvgIpc) is 2.09. The van der Waals surface area contributed by atoms with E-state index in [9.17, 15) is 12.8 Å². The second-order valence-electron chi connectivity index (χ2n) is 2.51. The number of aryl methyl sites for hydroxylation is 1. The van der Waals surface area contributed by atoms with Crippen LogP contribution in [0.4, 0.5) is 4.39 Å². The van der Waals surface area contributed by atoms with Gasteiger partial charge >= 0.3 is 0 Å². The van der Waals surface area contributed by atoms with Gasteiger partial charge in [0.2, 0.25) is 0 Å². The number of nitrogens with one attached hydrogen (secondary N) is 1. The first-order valence-corrected chi connectivity index (χ1v) is 4.88. The van der Waals surface area contributed by atoms with E-state index in [2.05, 4.69) is 0 Å². The number of rotatable bonds is 2. The standard InChI is InChI=1S/C7H8FNO3S/c1-5-2-3-6(4-7(5)8)13(11,12)9-10/h2-4,9-10H,1H3. The predicted molar refractivity (Wildman–Crippen MR) is 43.2 cm³/mol. The largest absolute Gasteiger partial charge is 0.302 e. The van der Waals surface area contributed by atoms with Crippen LogP contribution in [0.5, 0.6) is 0 Å². The summed E-state index contributed by atoms with van der Waals surface area (Å²) in [5, 5.41) is 8.25. The van der Waals surface area contributed by atoms with Gasteiger partial charge in [0, 0.05) is 0 Å². The molecule has 0 heterocycles. The molecule has 0 radical (unpaired) electrons. The molecule has 1 aromatic carbocycles. The van der Waals surface area contributed by atoms with Crippen molar-refractivity contribution in [2.75, 3.05) is 0 Å². The third-order valence-electron chi connectivity index (χ3n) is 1.57. The fourth-order valence-electron chi connectivity index (χ4n) is 0.793. The zero-order valence-electron chi connectivity index (χ0n) is 6.78. The number of sulfonamides is 1. The van der Waals surface area contributed by atoms with Crippen LogP contribution >= 0.6 is 0 Å². The smallest absolute Gasteiger partial charge is 0.262 e. The summed E-state index contributed by atoms with van der Waals surface area (Å²) in [5.41, 5.74) is 0.344. The van der Waals surface area contributed by atoms with Gasteiger partial charge in [-0.2, -0.15) is 0 Å². The van der Waals surface area contributed by atoms with Gasteiger partial charge < -0.3 is 5.21 Å². The van der Waals surface area contributed by atoms with Crippen LogP contribution in [0, 0.1) is 12.7 Å². The van der Waals surface area contributed by atoms with Crippen molar-refractivity contribution in [2.24, 2.45) is 0 Å². The van der Waals surface area contributed by atoms with Crippen LogP contribution in [-0.4, -0.2) is 13.6 Å². The third-order valence-corrected chi connectivity index (χ3v) is 2.69. The Hall–Kier alpha value is -0.980. The van der Waals surface area contributed by atoms with Crippen LogP contribution < -0.4 is 4.89 Å². The number of hydrogen-bond acceptors (Lipinski definition) is 3. The normalized spacial score (nSPS) is 11.6. The molecule has 72 valence electrons. The Morgan fingerprint density at radius 2 is 2.08 bits per heavy atom. The van der Waals surface area contributed by atoms with Gasteiger partial charge in [0.05, 0.1) is 4.90 Å². The Morgan fingerprint density at radius 1 is 1.46 bits per heavy atom. The van der Waals surface area contributed by atoms with Crippen molar-refractivity contribution in [3.8, 4) is 0 Å². The first-order chi connectivity index (χ1) is 5.97. The molecular weight excluding hydrogens is 197 g/mol.